The number of phenolic OH excluding ortho intramolecular Hbond substituents is 1. The van der Waals surface area contributed by atoms with E-state index in [0.29, 0.717) is 0 Å². The molecule has 0 atom stereocenters. The molecule has 2 aromatic rings. The van der Waals surface area contributed by atoms with Crippen molar-refractivity contribution < 1.29 is 10.2 Å². The lowest BCUT2D eigenvalue weighted by atomic mass is 10.2. The van der Waals surface area contributed by atoms with Crippen LogP contribution in [0.15, 0.2) is 18.2 Å². The number of hydrogen-bond donors (Lipinski definition) is 2. The number of thiophene rings is 1. The van der Waals surface area contributed by atoms with Gasteiger partial charge in [-0.3, -0.25) is 0 Å². The van der Waals surface area contributed by atoms with Gasteiger partial charge in [0, 0.05) is 21.5 Å². The van der Waals surface area contributed by atoms with E-state index in [-0.39, 0.29) is 10.8 Å². The van der Waals surface area contributed by atoms with Crippen molar-refractivity contribution in [3.05, 3.63) is 23.8 Å². The van der Waals surface area contributed by atoms with E-state index in [9.17, 15) is 10.2 Å². The highest BCUT2D eigenvalue weighted by Gasteiger charge is 2.08. The summed E-state index contributed by atoms with van der Waals surface area (Å²) in [5.74, 6) is 0.219. The van der Waals surface area contributed by atoms with Crippen LogP contribution >= 0.6 is 27.3 Å². The van der Waals surface area contributed by atoms with Crippen LogP contribution in [-0.4, -0.2) is 10.2 Å². The number of phenols is 1. The Balaban J connectivity index is 2.83. The van der Waals surface area contributed by atoms with Crippen molar-refractivity contribution in [2.45, 2.75) is 5.33 Å². The molecule has 2 N–H and O–H groups in total. The molecule has 13 heavy (non-hydrogen) atoms. The van der Waals surface area contributed by atoms with Crippen LogP contribution in [0.25, 0.3) is 10.1 Å². The maximum Gasteiger partial charge on any atom is 0.172 e. The average Bonchev–Trinajstić information content (AvgIpc) is 2.48. The maximum atomic E-state index is 9.48. The molecule has 0 fully saturated rings. The first kappa shape index (κ1) is 8.84. The van der Waals surface area contributed by atoms with Crippen LogP contribution < -0.4 is 0 Å². The molecule has 0 aliphatic heterocycles. The largest absolute Gasteiger partial charge is 0.507 e. The van der Waals surface area contributed by atoms with E-state index >= 15 is 0 Å². The second kappa shape index (κ2) is 3.20. The van der Waals surface area contributed by atoms with E-state index in [1.807, 2.05) is 6.07 Å². The van der Waals surface area contributed by atoms with Crippen LogP contribution in [0.3, 0.4) is 0 Å². The molecule has 0 aliphatic rings. The smallest absolute Gasteiger partial charge is 0.172 e. The topological polar surface area (TPSA) is 40.5 Å². The average molecular weight is 259 g/mol. The molecular weight excluding hydrogens is 252 g/mol. The summed E-state index contributed by atoms with van der Waals surface area (Å²) in [6.07, 6.45) is 0. The summed E-state index contributed by atoms with van der Waals surface area (Å²) < 4.78 is 0.939. The summed E-state index contributed by atoms with van der Waals surface area (Å²) in [7, 11) is 0. The second-order valence-electron chi connectivity index (χ2n) is 2.70. The summed E-state index contributed by atoms with van der Waals surface area (Å²) in [5.41, 5.74) is 1.08. The summed E-state index contributed by atoms with van der Waals surface area (Å²) >= 11 is 4.64. The Morgan fingerprint density at radius 1 is 1.31 bits per heavy atom. The first-order valence-corrected chi connectivity index (χ1v) is 5.65. The lowest BCUT2D eigenvalue weighted by Crippen LogP contribution is -1.76. The molecule has 0 spiro atoms. The molecule has 1 aromatic heterocycles. The molecule has 0 unspecified atom stereocenters. The fourth-order valence-electron chi connectivity index (χ4n) is 1.26. The van der Waals surface area contributed by atoms with Crippen LogP contribution in [0.1, 0.15) is 5.56 Å². The minimum Gasteiger partial charge on any atom is -0.507 e. The van der Waals surface area contributed by atoms with Gasteiger partial charge in [-0.25, -0.2) is 0 Å². The standard InChI is InChI=1S/C9H7BrO2S/c10-4-5-1-2-7(11)6-3-8(12)13-9(5)6/h1-3,11-12H,4H2. The molecule has 2 nitrogen and oxygen atoms in total. The summed E-state index contributed by atoms with van der Waals surface area (Å²) in [4.78, 5) is 0. The molecule has 0 bridgehead atoms. The maximum absolute atomic E-state index is 9.48. The highest BCUT2D eigenvalue weighted by atomic mass is 79.9. The van der Waals surface area contributed by atoms with Gasteiger partial charge in [0.15, 0.2) is 5.06 Å². The van der Waals surface area contributed by atoms with Crippen LogP contribution in [0, 0.1) is 0 Å². The number of aromatic hydroxyl groups is 2. The SMILES string of the molecule is Oc1cc2c(O)ccc(CBr)c2s1. The molecule has 0 radical (unpaired) electrons. The zero-order valence-corrected chi connectivity index (χ0v) is 9.02. The number of benzene rings is 1. The zero-order chi connectivity index (χ0) is 9.42. The van der Waals surface area contributed by atoms with E-state index in [4.69, 9.17) is 0 Å². The van der Waals surface area contributed by atoms with Crippen molar-refractivity contribution in [2.75, 3.05) is 0 Å². The highest BCUT2D eigenvalue weighted by Crippen LogP contribution is 2.38. The van der Waals surface area contributed by atoms with E-state index in [0.717, 1.165) is 21.0 Å². The molecule has 0 saturated carbocycles. The minimum atomic E-state index is 0.219. The number of rotatable bonds is 1. The van der Waals surface area contributed by atoms with Crippen molar-refractivity contribution in [2.24, 2.45) is 0 Å². The minimum absolute atomic E-state index is 0.219. The Morgan fingerprint density at radius 3 is 2.77 bits per heavy atom. The first-order valence-electron chi connectivity index (χ1n) is 3.71. The van der Waals surface area contributed by atoms with Gasteiger partial charge in [0.1, 0.15) is 5.75 Å². The lowest BCUT2D eigenvalue weighted by molar-refractivity contribution is 0.479. The van der Waals surface area contributed by atoms with Crippen LogP contribution in [-0.2, 0) is 5.33 Å². The summed E-state index contributed by atoms with van der Waals surface area (Å²) in [5, 5.41) is 20.5. The molecule has 2 rings (SSSR count). The van der Waals surface area contributed by atoms with Gasteiger partial charge in [-0.1, -0.05) is 33.3 Å². The van der Waals surface area contributed by atoms with Gasteiger partial charge in [0.05, 0.1) is 0 Å². The van der Waals surface area contributed by atoms with Crippen LogP contribution in [0.2, 0.25) is 0 Å². The molecule has 1 heterocycles. The predicted octanol–water partition coefficient (Wildman–Crippen LogP) is 3.21. The highest BCUT2D eigenvalue weighted by molar-refractivity contribution is 9.08. The third kappa shape index (κ3) is 1.40. The van der Waals surface area contributed by atoms with Crippen molar-refractivity contribution in [3.63, 3.8) is 0 Å². The van der Waals surface area contributed by atoms with Crippen LogP contribution in [0.4, 0.5) is 0 Å². The van der Waals surface area contributed by atoms with E-state index < -0.39 is 0 Å². The van der Waals surface area contributed by atoms with E-state index in [1.54, 1.807) is 12.1 Å². The third-order valence-electron chi connectivity index (χ3n) is 1.87. The number of alkyl halides is 1. The Kier molecular flexibility index (Phi) is 2.17. The molecule has 68 valence electrons. The van der Waals surface area contributed by atoms with E-state index in [1.165, 1.54) is 11.3 Å². The molecular formula is C9H7BrO2S. The zero-order valence-electron chi connectivity index (χ0n) is 6.62. The fourth-order valence-corrected chi connectivity index (χ4v) is 2.84. The molecule has 0 aliphatic carbocycles. The Bertz CT molecular complexity index is 450. The fraction of sp³-hybridized carbons (Fsp3) is 0.111. The van der Waals surface area contributed by atoms with Gasteiger partial charge < -0.3 is 10.2 Å². The summed E-state index contributed by atoms with van der Waals surface area (Å²) in [6, 6.07) is 5.08. The number of halogens is 1. The normalized spacial score (nSPS) is 10.8. The second-order valence-corrected chi connectivity index (χ2v) is 4.30. The Labute approximate surface area is 87.6 Å². The third-order valence-corrected chi connectivity index (χ3v) is 3.49. The van der Waals surface area contributed by atoms with Crippen molar-refractivity contribution in [3.8, 4) is 10.8 Å². The molecule has 0 amide bonds. The van der Waals surface area contributed by atoms with Gasteiger partial charge in [-0.15, -0.1) is 0 Å². The van der Waals surface area contributed by atoms with Crippen molar-refractivity contribution >= 4 is 37.4 Å². The van der Waals surface area contributed by atoms with Crippen molar-refractivity contribution in [1.82, 2.24) is 0 Å². The van der Waals surface area contributed by atoms with E-state index in [2.05, 4.69) is 15.9 Å². The van der Waals surface area contributed by atoms with Gasteiger partial charge in [0.2, 0.25) is 0 Å². The van der Waals surface area contributed by atoms with Gasteiger partial charge in [0.25, 0.3) is 0 Å². The quantitative estimate of drug-likeness (QED) is 0.772. The molecule has 4 heteroatoms. The van der Waals surface area contributed by atoms with Gasteiger partial charge >= 0.3 is 0 Å². The molecule has 0 saturated heterocycles. The van der Waals surface area contributed by atoms with Gasteiger partial charge in [-0.05, 0) is 11.6 Å². The Hall–Kier alpha value is -0.740. The summed E-state index contributed by atoms with van der Waals surface area (Å²) in [6.45, 7) is 0. The number of hydrogen-bond acceptors (Lipinski definition) is 3. The molecule has 1 aromatic carbocycles. The lowest BCUT2D eigenvalue weighted by Gasteiger charge is -1.98. The van der Waals surface area contributed by atoms with Crippen LogP contribution in [0.5, 0.6) is 10.8 Å². The Morgan fingerprint density at radius 2 is 2.08 bits per heavy atom. The number of fused-ring (bicyclic) bond motifs is 1. The van der Waals surface area contributed by atoms with Gasteiger partial charge in [-0.2, -0.15) is 0 Å². The van der Waals surface area contributed by atoms with Crippen molar-refractivity contribution in [1.29, 1.82) is 0 Å². The monoisotopic (exact) mass is 258 g/mol. The first-order chi connectivity index (χ1) is 6.22. The predicted molar refractivity (Wildman–Crippen MR) is 57.8 cm³/mol.